The average Bonchev–Trinajstić information content (AvgIpc) is 2.49. The van der Waals surface area contributed by atoms with E-state index in [0.29, 0.717) is 6.29 Å². The third-order valence-corrected chi connectivity index (χ3v) is 4.19. The molecule has 0 unspecified atom stereocenters. The van der Waals surface area contributed by atoms with Gasteiger partial charge in [-0.1, -0.05) is 24.3 Å². The fourth-order valence-corrected chi connectivity index (χ4v) is 3.00. The molecule has 2 rings (SSSR count). The SMILES string of the molecule is CC(=O)Nc1cccc(C=O)c1NS(=O)(=O)c1ccccc1. The van der Waals surface area contributed by atoms with Crippen molar-refractivity contribution in [3.63, 3.8) is 0 Å². The van der Waals surface area contributed by atoms with Crippen LogP contribution in [-0.4, -0.2) is 20.6 Å². The molecule has 6 nitrogen and oxygen atoms in total. The van der Waals surface area contributed by atoms with Crippen LogP contribution in [0, 0.1) is 0 Å². The summed E-state index contributed by atoms with van der Waals surface area (Å²) in [7, 11) is -3.86. The van der Waals surface area contributed by atoms with Crippen LogP contribution in [0.1, 0.15) is 17.3 Å². The quantitative estimate of drug-likeness (QED) is 0.827. The van der Waals surface area contributed by atoms with Gasteiger partial charge in [-0.2, -0.15) is 0 Å². The molecule has 0 aliphatic rings. The second-order valence-corrected chi connectivity index (χ2v) is 6.17. The molecule has 0 spiro atoms. The van der Waals surface area contributed by atoms with E-state index in [2.05, 4.69) is 10.0 Å². The van der Waals surface area contributed by atoms with Crippen molar-refractivity contribution in [3.8, 4) is 0 Å². The van der Waals surface area contributed by atoms with Gasteiger partial charge in [0.05, 0.1) is 16.3 Å². The third kappa shape index (κ3) is 3.50. The molecular formula is C15H14N2O4S. The molecule has 7 heteroatoms. The predicted molar refractivity (Wildman–Crippen MR) is 83.4 cm³/mol. The lowest BCUT2D eigenvalue weighted by atomic mass is 10.1. The maximum Gasteiger partial charge on any atom is 0.261 e. The Bertz CT molecular complexity index is 802. The van der Waals surface area contributed by atoms with Crippen molar-refractivity contribution < 1.29 is 18.0 Å². The molecule has 2 N–H and O–H groups in total. The predicted octanol–water partition coefficient (Wildman–Crippen LogP) is 2.26. The Morgan fingerprint density at radius 3 is 2.32 bits per heavy atom. The van der Waals surface area contributed by atoms with Crippen LogP contribution in [0.4, 0.5) is 11.4 Å². The first kappa shape index (κ1) is 15.7. The summed E-state index contributed by atoms with van der Waals surface area (Å²) < 4.78 is 27.1. The minimum atomic E-state index is -3.86. The van der Waals surface area contributed by atoms with Crippen LogP contribution in [0.2, 0.25) is 0 Å². The van der Waals surface area contributed by atoms with Crippen LogP contribution in [0.3, 0.4) is 0 Å². The second-order valence-electron chi connectivity index (χ2n) is 4.49. The van der Waals surface area contributed by atoms with Crippen molar-refractivity contribution in [2.45, 2.75) is 11.8 Å². The summed E-state index contributed by atoms with van der Waals surface area (Å²) in [4.78, 5) is 22.4. The van der Waals surface area contributed by atoms with Gasteiger partial charge in [0.2, 0.25) is 5.91 Å². The van der Waals surface area contributed by atoms with Gasteiger partial charge in [-0.25, -0.2) is 8.42 Å². The van der Waals surface area contributed by atoms with Crippen molar-refractivity contribution in [2.75, 3.05) is 10.0 Å². The van der Waals surface area contributed by atoms with Crippen LogP contribution in [0.25, 0.3) is 0 Å². The number of sulfonamides is 1. The van der Waals surface area contributed by atoms with E-state index in [9.17, 15) is 18.0 Å². The van der Waals surface area contributed by atoms with E-state index < -0.39 is 10.0 Å². The molecule has 0 saturated heterocycles. The number of nitrogens with one attached hydrogen (secondary N) is 2. The zero-order chi connectivity index (χ0) is 16.2. The first-order chi connectivity index (χ1) is 10.4. The smallest absolute Gasteiger partial charge is 0.261 e. The van der Waals surface area contributed by atoms with E-state index in [1.54, 1.807) is 24.3 Å². The molecule has 114 valence electrons. The standard InChI is InChI=1S/C15H14N2O4S/c1-11(19)16-14-9-5-6-12(10-18)15(14)17-22(20,21)13-7-3-2-4-8-13/h2-10,17H,1H3,(H,16,19). The first-order valence-corrected chi connectivity index (χ1v) is 7.86. The summed E-state index contributed by atoms with van der Waals surface area (Å²) in [6, 6.07) is 12.3. The van der Waals surface area contributed by atoms with E-state index in [1.165, 1.54) is 31.2 Å². The van der Waals surface area contributed by atoms with Gasteiger partial charge in [-0.05, 0) is 24.3 Å². The maximum absolute atomic E-state index is 12.4. The number of amides is 1. The van der Waals surface area contributed by atoms with E-state index in [-0.39, 0.29) is 27.7 Å². The summed E-state index contributed by atoms with van der Waals surface area (Å²) >= 11 is 0. The third-order valence-electron chi connectivity index (χ3n) is 2.82. The molecule has 22 heavy (non-hydrogen) atoms. The van der Waals surface area contributed by atoms with E-state index in [4.69, 9.17) is 0 Å². The van der Waals surface area contributed by atoms with Crippen LogP contribution >= 0.6 is 0 Å². The number of rotatable bonds is 5. The summed E-state index contributed by atoms with van der Waals surface area (Å²) in [5.74, 6) is -0.372. The fourth-order valence-electron chi connectivity index (χ4n) is 1.87. The average molecular weight is 318 g/mol. The molecule has 0 radical (unpaired) electrons. The Hall–Kier alpha value is -2.67. The number of hydrogen-bond acceptors (Lipinski definition) is 4. The lowest BCUT2D eigenvalue weighted by Crippen LogP contribution is -2.17. The number of carbonyl (C=O) groups is 2. The van der Waals surface area contributed by atoms with E-state index >= 15 is 0 Å². The van der Waals surface area contributed by atoms with Crippen molar-refractivity contribution >= 4 is 33.6 Å². The molecule has 2 aromatic rings. The molecule has 0 aliphatic heterocycles. The highest BCUT2D eigenvalue weighted by atomic mass is 32.2. The molecule has 0 bridgehead atoms. The van der Waals surface area contributed by atoms with Crippen molar-refractivity contribution in [1.29, 1.82) is 0 Å². The minimum Gasteiger partial charge on any atom is -0.324 e. The Morgan fingerprint density at radius 2 is 1.73 bits per heavy atom. The van der Waals surface area contributed by atoms with Gasteiger partial charge >= 0.3 is 0 Å². The number of carbonyl (C=O) groups excluding carboxylic acids is 2. The lowest BCUT2D eigenvalue weighted by Gasteiger charge is -2.14. The number of aldehydes is 1. The van der Waals surface area contributed by atoms with Gasteiger partial charge < -0.3 is 5.32 Å². The minimum absolute atomic E-state index is 0.0385. The second kappa shape index (κ2) is 6.40. The molecule has 0 aromatic heterocycles. The highest BCUT2D eigenvalue weighted by Crippen LogP contribution is 2.28. The molecule has 0 atom stereocenters. The summed E-state index contributed by atoms with van der Waals surface area (Å²) in [5.41, 5.74) is 0.388. The number of anilines is 2. The monoisotopic (exact) mass is 318 g/mol. The van der Waals surface area contributed by atoms with Crippen molar-refractivity contribution in [1.82, 2.24) is 0 Å². The molecule has 2 aromatic carbocycles. The Labute approximate surface area is 128 Å². The number of hydrogen-bond donors (Lipinski definition) is 2. The largest absolute Gasteiger partial charge is 0.324 e. The molecule has 0 saturated carbocycles. The van der Waals surface area contributed by atoms with Gasteiger partial charge in [0, 0.05) is 12.5 Å². The normalized spacial score (nSPS) is 10.8. The Kier molecular flexibility index (Phi) is 4.57. The van der Waals surface area contributed by atoms with Gasteiger partial charge in [0.25, 0.3) is 10.0 Å². The highest BCUT2D eigenvalue weighted by molar-refractivity contribution is 7.92. The molecule has 1 amide bonds. The fraction of sp³-hybridized carbons (Fsp3) is 0.0667. The van der Waals surface area contributed by atoms with Gasteiger partial charge in [-0.15, -0.1) is 0 Å². The number of para-hydroxylation sites is 1. The molecule has 0 fully saturated rings. The van der Waals surface area contributed by atoms with Gasteiger partial charge in [-0.3, -0.25) is 14.3 Å². The Morgan fingerprint density at radius 1 is 1.05 bits per heavy atom. The first-order valence-electron chi connectivity index (χ1n) is 6.37. The van der Waals surface area contributed by atoms with Gasteiger partial charge in [0.15, 0.2) is 6.29 Å². The van der Waals surface area contributed by atoms with Crippen LogP contribution in [0.15, 0.2) is 53.4 Å². The number of benzene rings is 2. The van der Waals surface area contributed by atoms with Gasteiger partial charge in [0.1, 0.15) is 0 Å². The maximum atomic E-state index is 12.4. The zero-order valence-electron chi connectivity index (χ0n) is 11.7. The zero-order valence-corrected chi connectivity index (χ0v) is 12.6. The van der Waals surface area contributed by atoms with Crippen molar-refractivity contribution in [2.24, 2.45) is 0 Å². The van der Waals surface area contributed by atoms with Crippen LogP contribution < -0.4 is 10.0 Å². The molecule has 0 heterocycles. The Balaban J connectivity index is 2.48. The summed E-state index contributed by atoms with van der Waals surface area (Å²) in [6.07, 6.45) is 0.522. The highest BCUT2D eigenvalue weighted by Gasteiger charge is 2.18. The summed E-state index contributed by atoms with van der Waals surface area (Å²) in [5, 5.41) is 2.50. The van der Waals surface area contributed by atoms with Crippen LogP contribution in [0.5, 0.6) is 0 Å². The summed E-state index contributed by atoms with van der Waals surface area (Å²) in [6.45, 7) is 1.29. The molecule has 0 aliphatic carbocycles. The van der Waals surface area contributed by atoms with Crippen LogP contribution in [-0.2, 0) is 14.8 Å². The van der Waals surface area contributed by atoms with E-state index in [0.717, 1.165) is 0 Å². The lowest BCUT2D eigenvalue weighted by molar-refractivity contribution is -0.114. The van der Waals surface area contributed by atoms with E-state index in [1.807, 2.05) is 0 Å². The topological polar surface area (TPSA) is 92.3 Å². The van der Waals surface area contributed by atoms with Crippen molar-refractivity contribution in [3.05, 3.63) is 54.1 Å². The molecular weight excluding hydrogens is 304 g/mol.